The number of fused-ring (bicyclic) bond motifs is 1. The van der Waals surface area contributed by atoms with Gasteiger partial charge in [0.15, 0.2) is 4.96 Å². The largest absolute Gasteiger partial charge is 0.338 e. The number of piperidine rings is 1. The minimum atomic E-state index is -0.358. The molecule has 2 aromatic heterocycles. The van der Waals surface area contributed by atoms with Crippen LogP contribution in [0.25, 0.3) is 17.1 Å². The molecule has 0 atom stereocenters. The molecule has 4 rings (SSSR count). The van der Waals surface area contributed by atoms with Crippen LogP contribution in [-0.2, 0) is 0 Å². The summed E-state index contributed by atoms with van der Waals surface area (Å²) in [6.07, 6.45) is 8.35. The molecule has 7 heteroatoms. The third kappa shape index (κ3) is 3.68. The number of likely N-dealkylation sites (tertiary alicyclic amines) is 1. The average Bonchev–Trinajstić information content (AvgIpc) is 3.15. The standard InChI is InChI=1S/C20H18ClN3O2S/c21-17-15(10-9-14-7-3-1-4-8-14)22-20-24(19(17)26)13-16(27-20)18(25)23-11-5-2-6-12-23/h1,3-4,7-10,13H,2,5-6,11-12H2/b10-9+. The first kappa shape index (κ1) is 17.9. The van der Waals surface area contributed by atoms with Crippen molar-refractivity contribution in [2.24, 2.45) is 0 Å². The number of amides is 1. The van der Waals surface area contributed by atoms with Crippen molar-refractivity contribution >= 4 is 46.0 Å². The van der Waals surface area contributed by atoms with Gasteiger partial charge in [-0.3, -0.25) is 14.0 Å². The van der Waals surface area contributed by atoms with Crippen LogP contribution in [0.1, 0.15) is 40.2 Å². The van der Waals surface area contributed by atoms with Crippen LogP contribution >= 0.6 is 22.9 Å². The van der Waals surface area contributed by atoms with E-state index in [-0.39, 0.29) is 16.5 Å². The van der Waals surface area contributed by atoms with Crippen molar-refractivity contribution in [1.29, 1.82) is 0 Å². The number of aromatic nitrogens is 2. The van der Waals surface area contributed by atoms with E-state index in [4.69, 9.17) is 11.6 Å². The molecule has 1 saturated heterocycles. The highest BCUT2D eigenvalue weighted by Gasteiger charge is 2.22. The highest BCUT2D eigenvalue weighted by molar-refractivity contribution is 7.18. The molecule has 138 valence electrons. The van der Waals surface area contributed by atoms with Crippen molar-refractivity contribution in [3.05, 3.63) is 68.0 Å². The molecule has 1 fully saturated rings. The van der Waals surface area contributed by atoms with Gasteiger partial charge < -0.3 is 4.90 Å². The molecular weight excluding hydrogens is 382 g/mol. The van der Waals surface area contributed by atoms with Gasteiger partial charge in [-0.05, 0) is 30.9 Å². The number of thiazole rings is 1. The number of halogens is 1. The van der Waals surface area contributed by atoms with E-state index in [0.717, 1.165) is 37.9 Å². The van der Waals surface area contributed by atoms with Gasteiger partial charge in [-0.25, -0.2) is 4.98 Å². The van der Waals surface area contributed by atoms with Gasteiger partial charge in [-0.15, -0.1) is 0 Å². The molecule has 0 radical (unpaired) electrons. The van der Waals surface area contributed by atoms with Gasteiger partial charge in [0.25, 0.3) is 11.5 Å². The normalized spacial score (nSPS) is 14.9. The Balaban J connectivity index is 1.69. The molecule has 1 aliphatic heterocycles. The molecule has 1 aromatic carbocycles. The van der Waals surface area contributed by atoms with Crippen LogP contribution in [0.15, 0.2) is 41.3 Å². The molecule has 0 spiro atoms. The summed E-state index contributed by atoms with van der Waals surface area (Å²) in [5, 5.41) is 0.0504. The molecule has 0 unspecified atom stereocenters. The van der Waals surface area contributed by atoms with Crippen LogP contribution < -0.4 is 5.56 Å². The van der Waals surface area contributed by atoms with Gasteiger partial charge in [0.1, 0.15) is 9.90 Å². The second-order valence-electron chi connectivity index (χ2n) is 6.46. The van der Waals surface area contributed by atoms with Crippen molar-refractivity contribution in [2.45, 2.75) is 19.3 Å². The Morgan fingerprint density at radius 3 is 2.59 bits per heavy atom. The van der Waals surface area contributed by atoms with Crippen LogP contribution in [0.2, 0.25) is 5.02 Å². The minimum absolute atomic E-state index is 0.0397. The van der Waals surface area contributed by atoms with E-state index < -0.39 is 0 Å². The minimum Gasteiger partial charge on any atom is -0.338 e. The molecule has 3 heterocycles. The zero-order valence-corrected chi connectivity index (χ0v) is 16.2. The first-order valence-corrected chi connectivity index (χ1v) is 10.1. The van der Waals surface area contributed by atoms with Crippen molar-refractivity contribution in [1.82, 2.24) is 14.3 Å². The van der Waals surface area contributed by atoms with Crippen molar-refractivity contribution in [2.75, 3.05) is 13.1 Å². The molecule has 0 aliphatic carbocycles. The summed E-state index contributed by atoms with van der Waals surface area (Å²) < 4.78 is 1.37. The Morgan fingerprint density at radius 1 is 1.11 bits per heavy atom. The lowest BCUT2D eigenvalue weighted by Gasteiger charge is -2.25. The number of rotatable bonds is 3. The van der Waals surface area contributed by atoms with Gasteiger partial charge in [0.05, 0.1) is 5.69 Å². The van der Waals surface area contributed by atoms with Gasteiger partial charge in [0.2, 0.25) is 0 Å². The molecule has 1 amide bonds. The van der Waals surface area contributed by atoms with Crippen molar-refractivity contribution < 1.29 is 4.79 Å². The van der Waals surface area contributed by atoms with Gasteiger partial charge in [-0.1, -0.05) is 59.3 Å². The van der Waals surface area contributed by atoms with E-state index in [0.29, 0.717) is 15.5 Å². The van der Waals surface area contributed by atoms with E-state index in [1.807, 2.05) is 41.3 Å². The van der Waals surface area contributed by atoms with E-state index in [2.05, 4.69) is 4.98 Å². The second-order valence-corrected chi connectivity index (χ2v) is 7.85. The number of benzene rings is 1. The summed E-state index contributed by atoms with van der Waals surface area (Å²) in [7, 11) is 0. The molecule has 27 heavy (non-hydrogen) atoms. The fraction of sp³-hybridized carbons (Fsp3) is 0.250. The Morgan fingerprint density at radius 2 is 1.85 bits per heavy atom. The number of carbonyl (C=O) groups excluding carboxylic acids is 1. The molecule has 5 nitrogen and oxygen atoms in total. The summed E-state index contributed by atoms with van der Waals surface area (Å²) in [5.74, 6) is -0.0397. The summed E-state index contributed by atoms with van der Waals surface area (Å²) in [6.45, 7) is 1.53. The van der Waals surface area contributed by atoms with Gasteiger partial charge in [-0.2, -0.15) is 0 Å². The first-order chi connectivity index (χ1) is 13.1. The average molecular weight is 400 g/mol. The predicted molar refractivity (Wildman–Crippen MR) is 109 cm³/mol. The molecule has 3 aromatic rings. The van der Waals surface area contributed by atoms with E-state index in [1.54, 1.807) is 12.3 Å². The Bertz CT molecular complexity index is 1070. The Kier molecular flexibility index (Phi) is 5.09. The highest BCUT2D eigenvalue weighted by Crippen LogP contribution is 2.22. The number of hydrogen-bond donors (Lipinski definition) is 0. The van der Waals surface area contributed by atoms with Crippen LogP contribution in [0.5, 0.6) is 0 Å². The van der Waals surface area contributed by atoms with Crippen LogP contribution in [0.4, 0.5) is 0 Å². The van der Waals surface area contributed by atoms with E-state index >= 15 is 0 Å². The van der Waals surface area contributed by atoms with E-state index in [1.165, 1.54) is 15.7 Å². The maximum atomic E-state index is 12.7. The molecular formula is C20H18ClN3O2S. The quantitative estimate of drug-likeness (QED) is 0.663. The lowest BCUT2D eigenvalue weighted by molar-refractivity contribution is 0.0729. The zero-order valence-electron chi connectivity index (χ0n) is 14.6. The predicted octanol–water partition coefficient (Wildman–Crippen LogP) is 4.21. The number of carbonyl (C=O) groups is 1. The van der Waals surface area contributed by atoms with Gasteiger partial charge >= 0.3 is 0 Å². The third-order valence-corrected chi connectivity index (χ3v) is 5.91. The number of hydrogen-bond acceptors (Lipinski definition) is 4. The Labute approximate surface area is 165 Å². The van der Waals surface area contributed by atoms with Crippen LogP contribution in [0, 0.1) is 0 Å². The van der Waals surface area contributed by atoms with Crippen molar-refractivity contribution in [3.63, 3.8) is 0 Å². The number of nitrogens with zero attached hydrogens (tertiary/aromatic N) is 3. The molecule has 0 N–H and O–H groups in total. The maximum absolute atomic E-state index is 12.7. The van der Waals surface area contributed by atoms with Crippen molar-refractivity contribution in [3.8, 4) is 0 Å². The zero-order chi connectivity index (χ0) is 18.8. The highest BCUT2D eigenvalue weighted by atomic mass is 35.5. The van der Waals surface area contributed by atoms with Crippen LogP contribution in [0.3, 0.4) is 0 Å². The summed E-state index contributed by atoms with van der Waals surface area (Å²) in [5.41, 5.74) is 1.04. The van der Waals surface area contributed by atoms with E-state index in [9.17, 15) is 9.59 Å². The molecule has 0 saturated carbocycles. The fourth-order valence-electron chi connectivity index (χ4n) is 3.14. The van der Waals surface area contributed by atoms with Crippen LogP contribution in [-0.4, -0.2) is 33.3 Å². The topological polar surface area (TPSA) is 54.7 Å². The lowest BCUT2D eigenvalue weighted by Crippen LogP contribution is -2.35. The fourth-order valence-corrected chi connectivity index (χ4v) is 4.28. The SMILES string of the molecule is O=C(c1cn2c(=O)c(Cl)c(/C=C/c3ccccc3)nc2s1)N1CCCCC1. The Hall–Kier alpha value is -2.44. The van der Waals surface area contributed by atoms with Gasteiger partial charge in [0, 0.05) is 19.3 Å². The summed E-state index contributed by atoms with van der Waals surface area (Å²) >= 11 is 7.46. The molecule has 0 bridgehead atoms. The monoisotopic (exact) mass is 399 g/mol. The molecule has 1 aliphatic rings. The lowest BCUT2D eigenvalue weighted by atomic mass is 10.1. The summed E-state index contributed by atoms with van der Waals surface area (Å²) in [4.78, 5) is 32.6. The first-order valence-electron chi connectivity index (χ1n) is 8.87. The summed E-state index contributed by atoms with van der Waals surface area (Å²) in [6, 6.07) is 9.72. The maximum Gasteiger partial charge on any atom is 0.277 e. The third-order valence-electron chi connectivity index (χ3n) is 4.59. The smallest absolute Gasteiger partial charge is 0.277 e. The second kappa shape index (κ2) is 7.66.